The molecule has 0 spiro atoms. The van der Waals surface area contributed by atoms with Gasteiger partial charge in [0, 0.05) is 13.1 Å². The van der Waals surface area contributed by atoms with Crippen LogP contribution >= 0.6 is 23.1 Å². The molecule has 2 heterocycles. The average molecular weight is 348 g/mol. The van der Waals surface area contributed by atoms with E-state index < -0.39 is 0 Å². The Balaban J connectivity index is 1.61. The fourth-order valence-electron chi connectivity index (χ4n) is 3.05. The molecule has 120 valence electrons. The van der Waals surface area contributed by atoms with Crippen molar-refractivity contribution < 1.29 is 4.74 Å². The summed E-state index contributed by atoms with van der Waals surface area (Å²) in [6.07, 6.45) is 3.29. The van der Waals surface area contributed by atoms with Crippen LogP contribution in [-0.4, -0.2) is 24.6 Å². The maximum absolute atomic E-state index is 9.21. The van der Waals surface area contributed by atoms with Crippen LogP contribution in [0.5, 0.6) is 5.75 Å². The lowest BCUT2D eigenvalue weighted by Crippen LogP contribution is -2.34. The number of piperidine rings is 1. The van der Waals surface area contributed by atoms with Crippen molar-refractivity contribution in [1.29, 1.82) is 5.26 Å². The van der Waals surface area contributed by atoms with Gasteiger partial charge in [-0.15, -0.1) is 0 Å². The van der Waals surface area contributed by atoms with Crippen molar-refractivity contribution in [3.8, 4) is 11.8 Å². The van der Waals surface area contributed by atoms with Crippen LogP contribution in [0.3, 0.4) is 0 Å². The van der Waals surface area contributed by atoms with E-state index in [-0.39, 0.29) is 0 Å². The van der Waals surface area contributed by atoms with Crippen molar-refractivity contribution in [2.45, 2.75) is 19.3 Å². The van der Waals surface area contributed by atoms with Gasteiger partial charge in [-0.1, -0.05) is 23.7 Å². The molecule has 0 N–H and O–H groups in total. The number of halogens is 1. The molecule has 4 nitrogen and oxygen atoms in total. The lowest BCUT2D eigenvalue weighted by molar-refractivity contribution is 0.399. The van der Waals surface area contributed by atoms with Gasteiger partial charge in [-0.05, 0) is 54.4 Å². The minimum atomic E-state index is 0.325. The second-order valence-electron chi connectivity index (χ2n) is 5.75. The van der Waals surface area contributed by atoms with E-state index in [1.54, 1.807) is 7.11 Å². The van der Waals surface area contributed by atoms with Gasteiger partial charge in [-0.2, -0.15) is 9.64 Å². The van der Waals surface area contributed by atoms with E-state index in [0.29, 0.717) is 16.6 Å². The third-order valence-corrected chi connectivity index (χ3v) is 5.59. The molecule has 0 atom stereocenters. The Morgan fingerprint density at radius 3 is 2.91 bits per heavy atom. The van der Waals surface area contributed by atoms with Gasteiger partial charge in [-0.25, -0.2) is 0 Å². The molecule has 1 fully saturated rings. The molecule has 1 aromatic carbocycles. The van der Waals surface area contributed by atoms with Crippen molar-refractivity contribution in [2.24, 2.45) is 5.92 Å². The summed E-state index contributed by atoms with van der Waals surface area (Å²) in [4.78, 5) is 2.24. The highest BCUT2D eigenvalue weighted by Crippen LogP contribution is 2.34. The monoisotopic (exact) mass is 347 g/mol. The number of nitrogens with zero attached hydrogens (tertiary/aromatic N) is 3. The first-order valence-corrected chi connectivity index (χ1v) is 8.79. The summed E-state index contributed by atoms with van der Waals surface area (Å²) in [6.45, 7) is 1.89. The van der Waals surface area contributed by atoms with E-state index in [9.17, 15) is 5.26 Å². The molecule has 1 saturated heterocycles. The van der Waals surface area contributed by atoms with E-state index in [4.69, 9.17) is 16.3 Å². The number of hydrogen-bond donors (Lipinski definition) is 0. The number of nitriles is 1. The Morgan fingerprint density at radius 2 is 2.22 bits per heavy atom. The molecule has 2 aromatic rings. The summed E-state index contributed by atoms with van der Waals surface area (Å²) >= 11 is 7.29. The molecule has 1 aliphatic heterocycles. The Hall–Kier alpha value is -1.77. The van der Waals surface area contributed by atoms with E-state index in [1.807, 2.05) is 12.1 Å². The van der Waals surface area contributed by atoms with Gasteiger partial charge in [0.05, 0.1) is 7.11 Å². The summed E-state index contributed by atoms with van der Waals surface area (Å²) in [7, 11) is 1.70. The van der Waals surface area contributed by atoms with Crippen molar-refractivity contribution in [3.05, 3.63) is 40.5 Å². The van der Waals surface area contributed by atoms with Crippen LogP contribution in [0.1, 0.15) is 24.0 Å². The summed E-state index contributed by atoms with van der Waals surface area (Å²) in [5, 5.41) is 10.4. The van der Waals surface area contributed by atoms with Crippen LogP contribution in [0.4, 0.5) is 5.00 Å². The van der Waals surface area contributed by atoms with Crippen molar-refractivity contribution in [3.63, 3.8) is 0 Å². The molecule has 23 heavy (non-hydrogen) atoms. The minimum absolute atomic E-state index is 0.325. The van der Waals surface area contributed by atoms with Gasteiger partial charge in [0.25, 0.3) is 0 Å². The van der Waals surface area contributed by atoms with Crippen LogP contribution in [0.2, 0.25) is 5.15 Å². The van der Waals surface area contributed by atoms with Gasteiger partial charge < -0.3 is 9.64 Å². The minimum Gasteiger partial charge on any atom is -0.497 e. The molecule has 0 unspecified atom stereocenters. The quantitative estimate of drug-likeness (QED) is 0.834. The highest BCUT2D eigenvalue weighted by molar-refractivity contribution is 7.10. The zero-order chi connectivity index (χ0) is 16.2. The molecule has 0 bridgehead atoms. The second-order valence-corrected chi connectivity index (χ2v) is 6.86. The predicted octanol–water partition coefficient (Wildman–Crippen LogP) is 4.14. The topological polar surface area (TPSA) is 49.1 Å². The van der Waals surface area contributed by atoms with Gasteiger partial charge in [0.2, 0.25) is 0 Å². The van der Waals surface area contributed by atoms with Crippen LogP contribution in [0.15, 0.2) is 24.3 Å². The first kappa shape index (κ1) is 16.1. The van der Waals surface area contributed by atoms with Crippen molar-refractivity contribution in [1.82, 2.24) is 4.37 Å². The van der Waals surface area contributed by atoms with Gasteiger partial charge in [0.15, 0.2) is 5.15 Å². The fourth-order valence-corrected chi connectivity index (χ4v) is 4.13. The number of benzene rings is 1. The molecular weight excluding hydrogens is 330 g/mol. The molecule has 1 aromatic heterocycles. The average Bonchev–Trinajstić information content (AvgIpc) is 2.96. The van der Waals surface area contributed by atoms with E-state index >= 15 is 0 Å². The summed E-state index contributed by atoms with van der Waals surface area (Å²) in [6, 6.07) is 10.5. The predicted molar refractivity (Wildman–Crippen MR) is 93.5 cm³/mol. The molecule has 0 aliphatic carbocycles. The van der Waals surface area contributed by atoms with Crippen LogP contribution in [-0.2, 0) is 6.42 Å². The first-order valence-electron chi connectivity index (χ1n) is 7.64. The lowest BCUT2D eigenvalue weighted by atomic mass is 9.90. The van der Waals surface area contributed by atoms with Crippen LogP contribution < -0.4 is 9.64 Å². The van der Waals surface area contributed by atoms with Crippen molar-refractivity contribution >= 4 is 28.1 Å². The largest absolute Gasteiger partial charge is 0.497 e. The van der Waals surface area contributed by atoms with Crippen LogP contribution in [0, 0.1) is 17.2 Å². The zero-order valence-corrected chi connectivity index (χ0v) is 14.5. The maximum Gasteiger partial charge on any atom is 0.162 e. The molecule has 6 heteroatoms. The Bertz CT molecular complexity index is 717. The number of anilines is 1. The smallest absolute Gasteiger partial charge is 0.162 e. The number of methoxy groups -OCH3 is 1. The number of hydrogen-bond acceptors (Lipinski definition) is 5. The number of rotatable bonds is 4. The SMILES string of the molecule is COc1cccc(CC2CCN(c3snc(Cl)c3C#N)CC2)c1. The molecule has 0 amide bonds. The number of ether oxygens (including phenoxy) is 1. The zero-order valence-electron chi connectivity index (χ0n) is 13.0. The first-order chi connectivity index (χ1) is 11.2. The van der Waals surface area contributed by atoms with E-state index in [0.717, 1.165) is 43.1 Å². The molecule has 0 radical (unpaired) electrons. The van der Waals surface area contributed by atoms with E-state index in [2.05, 4.69) is 27.5 Å². The molecule has 3 rings (SSSR count). The summed E-state index contributed by atoms with van der Waals surface area (Å²) < 4.78 is 9.39. The third-order valence-electron chi connectivity index (χ3n) is 4.30. The van der Waals surface area contributed by atoms with Gasteiger partial charge in [0.1, 0.15) is 22.4 Å². The third kappa shape index (κ3) is 3.60. The molecule has 0 saturated carbocycles. The summed E-state index contributed by atoms with van der Waals surface area (Å²) in [5.41, 5.74) is 1.84. The highest BCUT2D eigenvalue weighted by atomic mass is 35.5. The van der Waals surface area contributed by atoms with Gasteiger partial charge >= 0.3 is 0 Å². The lowest BCUT2D eigenvalue weighted by Gasteiger charge is -2.32. The van der Waals surface area contributed by atoms with Gasteiger partial charge in [-0.3, -0.25) is 0 Å². The molecule has 1 aliphatic rings. The van der Waals surface area contributed by atoms with Crippen LogP contribution in [0.25, 0.3) is 0 Å². The second kappa shape index (κ2) is 7.20. The maximum atomic E-state index is 9.21. The highest BCUT2D eigenvalue weighted by Gasteiger charge is 2.24. The van der Waals surface area contributed by atoms with Crippen molar-refractivity contribution in [2.75, 3.05) is 25.1 Å². The van der Waals surface area contributed by atoms with E-state index in [1.165, 1.54) is 17.1 Å². The Kier molecular flexibility index (Phi) is 5.04. The normalized spacial score (nSPS) is 15.4. The number of aromatic nitrogens is 1. The fraction of sp³-hybridized carbons (Fsp3) is 0.412. The summed E-state index contributed by atoms with van der Waals surface area (Å²) in [5.74, 6) is 1.57. The Morgan fingerprint density at radius 1 is 1.43 bits per heavy atom. The molecular formula is C17H18ClN3OS. The Labute approximate surface area is 145 Å². The standard InChI is InChI=1S/C17H18ClN3OS/c1-22-14-4-2-3-13(10-14)9-12-5-7-21(8-6-12)17-15(11-19)16(18)20-23-17/h2-4,10,12H,5-9H2,1H3.